The van der Waals surface area contributed by atoms with Gasteiger partial charge in [0, 0.05) is 20.1 Å². The maximum atomic E-state index is 10.8. The van der Waals surface area contributed by atoms with E-state index in [0.29, 0.717) is 13.1 Å². The van der Waals surface area contributed by atoms with E-state index in [2.05, 4.69) is 15.1 Å². The number of hydrogen-bond acceptors (Lipinski definition) is 5. The highest BCUT2D eigenvalue weighted by Crippen LogP contribution is 2.28. The number of carbonyl (C=O) groups is 1. The van der Waals surface area contributed by atoms with Crippen LogP contribution in [0, 0.1) is 5.92 Å². The maximum Gasteiger partial charge on any atom is 0.310 e. The number of aryl methyl sites for hydroxylation is 1. The SMILES string of the molecule is Cn1ncc2c(N3CC(C(=O)O)C3)ncnc21. The Hall–Kier alpha value is -2.18. The van der Waals surface area contributed by atoms with E-state index in [1.54, 1.807) is 10.9 Å². The molecular weight excluding hydrogens is 222 g/mol. The van der Waals surface area contributed by atoms with Crippen molar-refractivity contribution in [3.63, 3.8) is 0 Å². The van der Waals surface area contributed by atoms with Crippen LogP contribution in [0.25, 0.3) is 11.0 Å². The summed E-state index contributed by atoms with van der Waals surface area (Å²) in [5.41, 5.74) is 0.758. The van der Waals surface area contributed by atoms with E-state index < -0.39 is 5.97 Å². The number of aliphatic carboxylic acids is 1. The Morgan fingerprint density at radius 1 is 1.47 bits per heavy atom. The Labute approximate surface area is 96.7 Å². The van der Waals surface area contributed by atoms with Crippen molar-refractivity contribution < 1.29 is 9.90 Å². The van der Waals surface area contributed by atoms with Crippen LogP contribution < -0.4 is 4.90 Å². The molecule has 1 aliphatic rings. The Balaban J connectivity index is 1.94. The molecule has 2 aromatic rings. The third kappa shape index (κ3) is 1.42. The largest absolute Gasteiger partial charge is 0.481 e. The fourth-order valence-corrected chi connectivity index (χ4v) is 2.01. The van der Waals surface area contributed by atoms with Gasteiger partial charge in [-0.2, -0.15) is 5.10 Å². The minimum atomic E-state index is -0.752. The van der Waals surface area contributed by atoms with Gasteiger partial charge in [0.1, 0.15) is 12.1 Å². The van der Waals surface area contributed by atoms with Gasteiger partial charge >= 0.3 is 5.97 Å². The number of fused-ring (bicyclic) bond motifs is 1. The summed E-state index contributed by atoms with van der Waals surface area (Å²) < 4.78 is 1.68. The lowest BCUT2D eigenvalue weighted by Gasteiger charge is -2.37. The third-order valence-corrected chi connectivity index (χ3v) is 3.04. The summed E-state index contributed by atoms with van der Waals surface area (Å²) in [6.45, 7) is 0.993. The van der Waals surface area contributed by atoms with Gasteiger partial charge in [-0.1, -0.05) is 0 Å². The zero-order chi connectivity index (χ0) is 12.0. The minimum absolute atomic E-state index is 0.295. The Bertz CT molecular complexity index is 587. The topological polar surface area (TPSA) is 84.1 Å². The van der Waals surface area contributed by atoms with Crippen LogP contribution in [0.5, 0.6) is 0 Å². The molecule has 0 spiro atoms. The Morgan fingerprint density at radius 3 is 2.94 bits per heavy atom. The molecule has 0 saturated carbocycles. The van der Waals surface area contributed by atoms with Crippen molar-refractivity contribution >= 4 is 22.8 Å². The van der Waals surface area contributed by atoms with Crippen molar-refractivity contribution in [2.45, 2.75) is 0 Å². The Morgan fingerprint density at radius 2 is 2.24 bits per heavy atom. The van der Waals surface area contributed by atoms with Gasteiger partial charge in [0.25, 0.3) is 0 Å². The molecule has 2 aromatic heterocycles. The predicted octanol–water partition coefficient (Wildman–Crippen LogP) is -0.116. The second-order valence-corrected chi connectivity index (χ2v) is 4.14. The van der Waals surface area contributed by atoms with E-state index in [9.17, 15) is 4.79 Å². The van der Waals surface area contributed by atoms with Crippen molar-refractivity contribution in [2.24, 2.45) is 13.0 Å². The molecule has 1 fully saturated rings. The van der Waals surface area contributed by atoms with Gasteiger partial charge in [0.15, 0.2) is 5.65 Å². The van der Waals surface area contributed by atoms with Gasteiger partial charge < -0.3 is 10.0 Å². The van der Waals surface area contributed by atoms with Gasteiger partial charge in [0.2, 0.25) is 0 Å². The number of aromatic nitrogens is 4. The van der Waals surface area contributed by atoms with E-state index in [1.807, 2.05) is 11.9 Å². The zero-order valence-electron chi connectivity index (χ0n) is 9.24. The molecule has 0 aromatic carbocycles. The van der Waals surface area contributed by atoms with Gasteiger partial charge in [-0.25, -0.2) is 9.97 Å². The Kier molecular flexibility index (Phi) is 2.01. The standard InChI is InChI=1S/C10H11N5O2/c1-14-8-7(2-13-14)9(12-5-11-8)15-3-6(4-15)10(16)17/h2,5-6H,3-4H2,1H3,(H,16,17). The number of hydrogen-bond donors (Lipinski definition) is 1. The van der Waals surface area contributed by atoms with E-state index in [0.717, 1.165) is 16.9 Å². The monoisotopic (exact) mass is 233 g/mol. The normalized spacial score (nSPS) is 16.2. The smallest absolute Gasteiger partial charge is 0.310 e. The molecule has 1 saturated heterocycles. The summed E-state index contributed by atoms with van der Waals surface area (Å²) in [7, 11) is 1.81. The first-order valence-corrected chi connectivity index (χ1v) is 5.27. The second-order valence-electron chi connectivity index (χ2n) is 4.14. The molecule has 0 aliphatic carbocycles. The lowest BCUT2D eigenvalue weighted by Crippen LogP contribution is -2.50. The molecule has 88 valence electrons. The summed E-state index contributed by atoms with van der Waals surface area (Å²) in [4.78, 5) is 21.0. The lowest BCUT2D eigenvalue weighted by atomic mass is 10.0. The number of carboxylic acids is 1. The van der Waals surface area contributed by atoms with Gasteiger partial charge in [0.05, 0.1) is 17.5 Å². The molecule has 17 heavy (non-hydrogen) atoms. The highest BCUT2D eigenvalue weighted by Gasteiger charge is 2.34. The van der Waals surface area contributed by atoms with E-state index in [-0.39, 0.29) is 5.92 Å². The fraction of sp³-hybridized carbons (Fsp3) is 0.400. The van der Waals surface area contributed by atoms with Crippen LogP contribution in [0.3, 0.4) is 0 Å². The van der Waals surface area contributed by atoms with Crippen molar-refractivity contribution in [1.82, 2.24) is 19.7 Å². The highest BCUT2D eigenvalue weighted by molar-refractivity contribution is 5.88. The molecule has 0 radical (unpaired) electrons. The summed E-state index contributed by atoms with van der Waals surface area (Å²) in [5, 5.41) is 13.8. The fourth-order valence-electron chi connectivity index (χ4n) is 2.01. The molecular formula is C10H11N5O2. The first kappa shape index (κ1) is 10.0. The summed E-state index contributed by atoms with van der Waals surface area (Å²) >= 11 is 0. The summed E-state index contributed by atoms with van der Waals surface area (Å²) in [6.07, 6.45) is 3.19. The van der Waals surface area contributed by atoms with Crippen LogP contribution in [0.2, 0.25) is 0 Å². The number of nitrogens with zero attached hydrogens (tertiary/aromatic N) is 5. The quantitative estimate of drug-likeness (QED) is 0.778. The molecule has 0 unspecified atom stereocenters. The first-order valence-electron chi connectivity index (χ1n) is 5.27. The van der Waals surface area contributed by atoms with E-state index in [1.165, 1.54) is 6.33 Å². The average Bonchev–Trinajstić information content (AvgIpc) is 2.59. The van der Waals surface area contributed by atoms with Gasteiger partial charge in [-0.3, -0.25) is 9.48 Å². The van der Waals surface area contributed by atoms with Crippen LogP contribution in [-0.2, 0) is 11.8 Å². The molecule has 0 amide bonds. The number of rotatable bonds is 2. The summed E-state index contributed by atoms with van der Waals surface area (Å²) in [6, 6.07) is 0. The zero-order valence-corrected chi connectivity index (χ0v) is 9.24. The van der Waals surface area contributed by atoms with Crippen molar-refractivity contribution in [3.8, 4) is 0 Å². The van der Waals surface area contributed by atoms with Crippen LogP contribution >= 0.6 is 0 Å². The molecule has 7 nitrogen and oxygen atoms in total. The lowest BCUT2D eigenvalue weighted by molar-refractivity contribution is -0.142. The number of carboxylic acid groups (broad SMARTS) is 1. The first-order chi connectivity index (χ1) is 8.16. The molecule has 0 bridgehead atoms. The van der Waals surface area contributed by atoms with Gasteiger partial charge in [-0.15, -0.1) is 0 Å². The second kappa shape index (κ2) is 3.41. The molecule has 3 rings (SSSR count). The maximum absolute atomic E-state index is 10.8. The van der Waals surface area contributed by atoms with Crippen molar-refractivity contribution in [1.29, 1.82) is 0 Å². The average molecular weight is 233 g/mol. The molecule has 7 heteroatoms. The summed E-state index contributed by atoms with van der Waals surface area (Å²) in [5.74, 6) is -0.282. The molecule has 0 atom stereocenters. The van der Waals surface area contributed by atoms with Crippen LogP contribution in [0.1, 0.15) is 0 Å². The van der Waals surface area contributed by atoms with Crippen LogP contribution in [-0.4, -0.2) is 43.9 Å². The molecule has 1 N–H and O–H groups in total. The predicted molar refractivity (Wildman–Crippen MR) is 59.6 cm³/mol. The van der Waals surface area contributed by atoms with Crippen LogP contribution in [0.15, 0.2) is 12.5 Å². The minimum Gasteiger partial charge on any atom is -0.481 e. The van der Waals surface area contributed by atoms with Crippen LogP contribution in [0.4, 0.5) is 5.82 Å². The third-order valence-electron chi connectivity index (χ3n) is 3.04. The van der Waals surface area contributed by atoms with Crippen molar-refractivity contribution in [3.05, 3.63) is 12.5 Å². The number of anilines is 1. The van der Waals surface area contributed by atoms with E-state index in [4.69, 9.17) is 5.11 Å². The van der Waals surface area contributed by atoms with E-state index >= 15 is 0 Å². The van der Waals surface area contributed by atoms with Crippen molar-refractivity contribution in [2.75, 3.05) is 18.0 Å². The molecule has 1 aliphatic heterocycles. The molecule has 3 heterocycles. The van der Waals surface area contributed by atoms with Gasteiger partial charge in [-0.05, 0) is 0 Å². The highest BCUT2D eigenvalue weighted by atomic mass is 16.4.